The maximum atomic E-state index is 13.1. The number of hydrogen-bond acceptors (Lipinski definition) is 7. The summed E-state index contributed by atoms with van der Waals surface area (Å²) in [6.45, 7) is 5.17. The molecule has 176 valence electrons. The monoisotopic (exact) mass is 446 g/mol. The quantitative estimate of drug-likeness (QED) is 0.602. The molecule has 3 saturated carbocycles. The van der Waals surface area contributed by atoms with Gasteiger partial charge in [0.15, 0.2) is 11.4 Å². The number of ketones is 2. The number of aliphatic hydroxyl groups is 2. The molecule has 0 amide bonds. The van der Waals surface area contributed by atoms with Crippen LogP contribution in [0.25, 0.3) is 0 Å². The maximum Gasteiger partial charge on any atom is 0.333 e. The second-order valence-corrected chi connectivity index (χ2v) is 10.3. The third kappa shape index (κ3) is 3.24. The number of allylic oxidation sites excluding steroid dienone is 4. The van der Waals surface area contributed by atoms with E-state index in [9.17, 15) is 24.6 Å². The van der Waals surface area contributed by atoms with Crippen LogP contribution < -0.4 is 0 Å². The zero-order chi connectivity index (χ0) is 23.3. The molecule has 0 heterocycles. The summed E-state index contributed by atoms with van der Waals surface area (Å²) in [4.78, 5) is 37.6. The zero-order valence-corrected chi connectivity index (χ0v) is 19.1. The Kier molecular flexibility index (Phi) is 5.97. The average molecular weight is 447 g/mol. The molecule has 0 spiro atoms. The van der Waals surface area contributed by atoms with Crippen molar-refractivity contribution in [2.24, 2.45) is 28.6 Å². The van der Waals surface area contributed by atoms with Crippen LogP contribution >= 0.6 is 0 Å². The number of fused-ring (bicyclic) bond motifs is 5. The van der Waals surface area contributed by atoms with Crippen molar-refractivity contribution in [2.75, 3.05) is 19.8 Å². The number of carbonyl (C=O) groups excluding carboxylic acids is 3. The van der Waals surface area contributed by atoms with E-state index in [4.69, 9.17) is 9.47 Å². The highest BCUT2D eigenvalue weighted by Crippen LogP contribution is 2.67. The summed E-state index contributed by atoms with van der Waals surface area (Å²) in [5, 5.41) is 21.3. The molecule has 32 heavy (non-hydrogen) atoms. The van der Waals surface area contributed by atoms with Gasteiger partial charge in [-0.15, -0.1) is 0 Å². The standard InChI is InChI=1S/C25H34O7/c1-4-31-14-21(30)32-25(20(29)13-26)10-8-18-17-6-5-15-11-16(27)7-9-23(15,2)22(17)19(28)12-24(18,25)3/h7,9,11,17-19,22,26,28H,4-6,8,10,12-14H2,1-3H3/t17-,18-,19?,22+,23-,24-,25-/m0/s1. The third-order valence-electron chi connectivity index (χ3n) is 8.92. The second kappa shape index (κ2) is 8.19. The Morgan fingerprint density at radius 2 is 2.00 bits per heavy atom. The summed E-state index contributed by atoms with van der Waals surface area (Å²) in [5.41, 5.74) is -1.61. The van der Waals surface area contributed by atoms with Crippen molar-refractivity contribution in [3.63, 3.8) is 0 Å². The Morgan fingerprint density at radius 3 is 2.69 bits per heavy atom. The predicted molar refractivity (Wildman–Crippen MR) is 115 cm³/mol. The van der Waals surface area contributed by atoms with Gasteiger partial charge in [0.2, 0.25) is 5.78 Å². The van der Waals surface area contributed by atoms with E-state index in [2.05, 4.69) is 6.92 Å². The van der Waals surface area contributed by atoms with E-state index in [0.717, 1.165) is 18.4 Å². The molecule has 7 atom stereocenters. The first-order valence-electron chi connectivity index (χ1n) is 11.7. The van der Waals surface area contributed by atoms with Crippen LogP contribution in [-0.4, -0.2) is 59.3 Å². The van der Waals surface area contributed by atoms with Crippen molar-refractivity contribution in [3.8, 4) is 0 Å². The number of aliphatic hydroxyl groups excluding tert-OH is 2. The largest absolute Gasteiger partial charge is 0.449 e. The van der Waals surface area contributed by atoms with Crippen LogP contribution in [0.3, 0.4) is 0 Å². The number of Topliss-reactive ketones (excluding diaryl/α,β-unsaturated/α-hetero) is 1. The number of hydrogen-bond donors (Lipinski definition) is 2. The van der Waals surface area contributed by atoms with E-state index >= 15 is 0 Å². The molecular formula is C25H34O7. The van der Waals surface area contributed by atoms with Crippen molar-refractivity contribution in [1.82, 2.24) is 0 Å². The number of carbonyl (C=O) groups is 3. The minimum absolute atomic E-state index is 0.0132. The Balaban J connectivity index is 1.70. The van der Waals surface area contributed by atoms with Gasteiger partial charge in [0, 0.05) is 23.4 Å². The van der Waals surface area contributed by atoms with Gasteiger partial charge >= 0.3 is 5.97 Å². The number of ether oxygens (including phenoxy) is 2. The van der Waals surface area contributed by atoms with Gasteiger partial charge in [-0.3, -0.25) is 9.59 Å². The van der Waals surface area contributed by atoms with Crippen molar-refractivity contribution in [1.29, 1.82) is 0 Å². The first kappa shape index (κ1) is 23.3. The van der Waals surface area contributed by atoms with Crippen LogP contribution in [0.2, 0.25) is 0 Å². The molecule has 0 aromatic heterocycles. The number of rotatable bonds is 6. The molecule has 7 heteroatoms. The highest BCUT2D eigenvalue weighted by Gasteiger charge is 2.70. The molecule has 4 rings (SSSR count). The van der Waals surface area contributed by atoms with Crippen LogP contribution in [-0.2, 0) is 23.9 Å². The fraction of sp³-hybridized carbons (Fsp3) is 0.720. The molecule has 4 aliphatic carbocycles. The normalized spacial score (nSPS) is 42.5. The van der Waals surface area contributed by atoms with E-state index < -0.39 is 40.9 Å². The van der Waals surface area contributed by atoms with Crippen LogP contribution in [0.15, 0.2) is 23.8 Å². The molecule has 2 N–H and O–H groups in total. The molecule has 0 aliphatic heterocycles. The van der Waals surface area contributed by atoms with E-state index in [-0.39, 0.29) is 36.6 Å². The summed E-state index contributed by atoms with van der Waals surface area (Å²) in [6.07, 6.45) is 7.37. The highest BCUT2D eigenvalue weighted by atomic mass is 16.6. The van der Waals surface area contributed by atoms with E-state index in [1.165, 1.54) is 0 Å². The van der Waals surface area contributed by atoms with E-state index in [1.54, 1.807) is 19.1 Å². The topological polar surface area (TPSA) is 110 Å². The Hall–Kier alpha value is -1.83. The first-order chi connectivity index (χ1) is 15.1. The number of esters is 1. The summed E-state index contributed by atoms with van der Waals surface area (Å²) >= 11 is 0. The lowest BCUT2D eigenvalue weighted by Gasteiger charge is -2.59. The molecule has 7 nitrogen and oxygen atoms in total. The van der Waals surface area contributed by atoms with Crippen molar-refractivity contribution >= 4 is 17.5 Å². The fourth-order valence-corrected chi connectivity index (χ4v) is 7.53. The zero-order valence-electron chi connectivity index (χ0n) is 19.1. The van der Waals surface area contributed by atoms with Gasteiger partial charge in [0.1, 0.15) is 13.2 Å². The van der Waals surface area contributed by atoms with Crippen molar-refractivity contribution in [3.05, 3.63) is 23.8 Å². The molecule has 3 fully saturated rings. The van der Waals surface area contributed by atoms with Crippen molar-refractivity contribution < 1.29 is 34.1 Å². The second-order valence-electron chi connectivity index (χ2n) is 10.3. The Labute approximate surface area is 188 Å². The van der Waals surface area contributed by atoms with Crippen LogP contribution in [0, 0.1) is 28.6 Å². The lowest BCUT2D eigenvalue weighted by atomic mass is 9.46. The Bertz CT molecular complexity index is 876. The molecule has 0 bridgehead atoms. The molecule has 1 unspecified atom stereocenters. The van der Waals surface area contributed by atoms with Crippen LogP contribution in [0.5, 0.6) is 0 Å². The first-order valence-corrected chi connectivity index (χ1v) is 11.7. The van der Waals surface area contributed by atoms with Gasteiger partial charge in [-0.1, -0.05) is 25.5 Å². The van der Waals surface area contributed by atoms with Crippen molar-refractivity contribution in [2.45, 2.75) is 64.6 Å². The SMILES string of the molecule is CCOCC(=O)O[C@]1(C(=O)CO)CC[C@H]2[C@@H]3CCC4=CC(=O)C=C[C@]4(C)[C@H]3C(O)C[C@@]21C. The predicted octanol–water partition coefficient (Wildman–Crippen LogP) is 2.14. The smallest absolute Gasteiger partial charge is 0.333 e. The highest BCUT2D eigenvalue weighted by molar-refractivity contribution is 6.01. The van der Waals surface area contributed by atoms with Gasteiger partial charge in [0.25, 0.3) is 0 Å². The fourth-order valence-electron chi connectivity index (χ4n) is 7.53. The lowest BCUT2D eigenvalue weighted by Crippen LogP contribution is -2.63. The van der Waals surface area contributed by atoms with Gasteiger partial charge in [0.05, 0.1) is 6.10 Å². The minimum atomic E-state index is -1.47. The molecule has 0 aromatic rings. The lowest BCUT2D eigenvalue weighted by molar-refractivity contribution is -0.202. The average Bonchev–Trinajstić information content (AvgIpc) is 3.04. The summed E-state index contributed by atoms with van der Waals surface area (Å²) in [6, 6.07) is 0. The molecular weight excluding hydrogens is 412 g/mol. The van der Waals surface area contributed by atoms with Gasteiger partial charge in [-0.05, 0) is 63.0 Å². The van der Waals surface area contributed by atoms with Gasteiger partial charge in [-0.25, -0.2) is 4.79 Å². The molecule has 0 aromatic carbocycles. The van der Waals surface area contributed by atoms with E-state index in [1.807, 2.05) is 13.0 Å². The summed E-state index contributed by atoms with van der Waals surface area (Å²) < 4.78 is 11.0. The van der Waals surface area contributed by atoms with Crippen LogP contribution in [0.1, 0.15) is 52.9 Å². The van der Waals surface area contributed by atoms with Gasteiger partial charge in [-0.2, -0.15) is 0 Å². The third-order valence-corrected chi connectivity index (χ3v) is 8.92. The van der Waals surface area contributed by atoms with Gasteiger partial charge < -0.3 is 19.7 Å². The van der Waals surface area contributed by atoms with Crippen LogP contribution in [0.4, 0.5) is 0 Å². The van der Waals surface area contributed by atoms with E-state index in [0.29, 0.717) is 19.4 Å². The summed E-state index contributed by atoms with van der Waals surface area (Å²) in [5.74, 6) is -1.06. The summed E-state index contributed by atoms with van der Waals surface area (Å²) in [7, 11) is 0. The Morgan fingerprint density at radius 1 is 1.25 bits per heavy atom. The minimum Gasteiger partial charge on any atom is -0.449 e. The maximum absolute atomic E-state index is 13.1. The molecule has 0 radical (unpaired) electrons. The molecule has 4 aliphatic rings. The molecule has 0 saturated heterocycles.